The first-order valence-electron chi connectivity index (χ1n) is 8.37. The first-order chi connectivity index (χ1) is 13.3. The van der Waals surface area contributed by atoms with Crippen LogP contribution in [0, 0.1) is 0 Å². The Kier molecular flexibility index (Phi) is 5.62. The molecule has 0 aliphatic heterocycles. The molecule has 1 amide bonds. The molecular formula is C19H17F3N4O2. The third-order valence-corrected chi connectivity index (χ3v) is 3.99. The Morgan fingerprint density at radius 2 is 1.96 bits per heavy atom. The van der Waals surface area contributed by atoms with E-state index in [1.54, 1.807) is 17.9 Å². The van der Waals surface area contributed by atoms with E-state index in [1.807, 2.05) is 24.3 Å². The van der Waals surface area contributed by atoms with E-state index in [9.17, 15) is 18.0 Å². The van der Waals surface area contributed by atoms with Crippen molar-refractivity contribution in [2.45, 2.75) is 19.1 Å². The maximum atomic E-state index is 12.7. The summed E-state index contributed by atoms with van der Waals surface area (Å²) in [7, 11) is 0. The van der Waals surface area contributed by atoms with Gasteiger partial charge in [0.15, 0.2) is 6.61 Å². The number of amides is 1. The fourth-order valence-corrected chi connectivity index (χ4v) is 2.53. The highest BCUT2D eigenvalue weighted by atomic mass is 19.4. The molecule has 1 atom stereocenters. The molecule has 1 N–H and O–H groups in total. The van der Waals surface area contributed by atoms with E-state index in [0.29, 0.717) is 0 Å². The number of alkyl halides is 3. The SMILES string of the molecule is CC(NC(=O)COc1cccc(C(F)(F)F)c1)c1ccc(-n2cncn2)cc1. The summed E-state index contributed by atoms with van der Waals surface area (Å²) in [6.45, 7) is 1.41. The monoisotopic (exact) mass is 390 g/mol. The average molecular weight is 390 g/mol. The minimum atomic E-state index is -4.46. The van der Waals surface area contributed by atoms with Crippen LogP contribution in [0.2, 0.25) is 0 Å². The van der Waals surface area contributed by atoms with Crippen molar-refractivity contribution in [1.82, 2.24) is 20.1 Å². The second-order valence-electron chi connectivity index (χ2n) is 6.04. The molecule has 0 saturated heterocycles. The molecule has 2 aromatic carbocycles. The van der Waals surface area contributed by atoms with Gasteiger partial charge in [0.1, 0.15) is 18.4 Å². The number of aromatic nitrogens is 3. The number of hydrogen-bond acceptors (Lipinski definition) is 4. The van der Waals surface area contributed by atoms with E-state index in [1.165, 1.54) is 18.5 Å². The Morgan fingerprint density at radius 1 is 1.21 bits per heavy atom. The fourth-order valence-electron chi connectivity index (χ4n) is 2.53. The van der Waals surface area contributed by atoms with Gasteiger partial charge in [0, 0.05) is 0 Å². The molecule has 0 bridgehead atoms. The third-order valence-electron chi connectivity index (χ3n) is 3.99. The molecule has 0 saturated carbocycles. The summed E-state index contributed by atoms with van der Waals surface area (Å²) in [5.74, 6) is -0.458. The number of carbonyl (C=O) groups is 1. The van der Waals surface area contributed by atoms with E-state index in [4.69, 9.17) is 4.74 Å². The standard InChI is InChI=1S/C19H17F3N4O2/c1-13(14-5-7-16(8-6-14)26-12-23-11-24-26)25-18(27)10-28-17-4-2-3-15(9-17)19(20,21)22/h2-9,11-13H,10H2,1H3,(H,25,27). The lowest BCUT2D eigenvalue weighted by Crippen LogP contribution is -2.31. The zero-order chi connectivity index (χ0) is 20.1. The van der Waals surface area contributed by atoms with Crippen molar-refractivity contribution in [1.29, 1.82) is 0 Å². The predicted molar refractivity (Wildman–Crippen MR) is 94.9 cm³/mol. The summed E-state index contributed by atoms with van der Waals surface area (Å²) in [6, 6.07) is 11.5. The predicted octanol–water partition coefficient (Wildman–Crippen LogP) is 3.54. The summed E-state index contributed by atoms with van der Waals surface area (Å²) in [4.78, 5) is 15.9. The molecule has 0 fully saturated rings. The Morgan fingerprint density at radius 3 is 2.61 bits per heavy atom. The van der Waals surface area contributed by atoms with Crippen LogP contribution in [0.25, 0.3) is 5.69 Å². The van der Waals surface area contributed by atoms with Gasteiger partial charge in [-0.3, -0.25) is 4.79 Å². The lowest BCUT2D eigenvalue weighted by molar-refractivity contribution is -0.137. The Balaban J connectivity index is 1.54. The van der Waals surface area contributed by atoms with Crippen LogP contribution in [-0.4, -0.2) is 27.3 Å². The molecular weight excluding hydrogens is 373 g/mol. The summed E-state index contributed by atoms with van der Waals surface area (Å²) < 4.78 is 44.9. The first-order valence-corrected chi connectivity index (χ1v) is 8.37. The van der Waals surface area contributed by atoms with Gasteiger partial charge in [0.2, 0.25) is 0 Å². The molecule has 0 aliphatic rings. The second-order valence-corrected chi connectivity index (χ2v) is 6.04. The van der Waals surface area contributed by atoms with Crippen molar-refractivity contribution in [2.75, 3.05) is 6.61 Å². The molecule has 3 aromatic rings. The smallest absolute Gasteiger partial charge is 0.416 e. The van der Waals surface area contributed by atoms with Crippen LogP contribution in [0.1, 0.15) is 24.1 Å². The molecule has 0 aliphatic carbocycles. The van der Waals surface area contributed by atoms with Crippen molar-refractivity contribution < 1.29 is 22.7 Å². The number of rotatable bonds is 6. The van der Waals surface area contributed by atoms with Crippen molar-refractivity contribution in [3.8, 4) is 11.4 Å². The Bertz CT molecular complexity index is 925. The van der Waals surface area contributed by atoms with E-state index in [0.717, 1.165) is 23.4 Å². The van der Waals surface area contributed by atoms with Crippen molar-refractivity contribution in [3.05, 3.63) is 72.3 Å². The molecule has 0 radical (unpaired) electrons. The molecule has 6 nitrogen and oxygen atoms in total. The Hall–Kier alpha value is -3.36. The largest absolute Gasteiger partial charge is 0.484 e. The topological polar surface area (TPSA) is 69.0 Å². The molecule has 1 heterocycles. The maximum Gasteiger partial charge on any atom is 0.416 e. The van der Waals surface area contributed by atoms with Gasteiger partial charge in [-0.1, -0.05) is 18.2 Å². The van der Waals surface area contributed by atoms with Gasteiger partial charge in [-0.25, -0.2) is 9.67 Å². The quantitative estimate of drug-likeness (QED) is 0.699. The van der Waals surface area contributed by atoms with Crippen molar-refractivity contribution in [2.24, 2.45) is 0 Å². The highest BCUT2D eigenvalue weighted by molar-refractivity contribution is 5.78. The number of ether oxygens (including phenoxy) is 1. The van der Waals surface area contributed by atoms with Crippen LogP contribution >= 0.6 is 0 Å². The fraction of sp³-hybridized carbons (Fsp3) is 0.211. The molecule has 0 spiro atoms. The van der Waals surface area contributed by atoms with Crippen LogP contribution in [0.4, 0.5) is 13.2 Å². The van der Waals surface area contributed by atoms with Crippen molar-refractivity contribution >= 4 is 5.91 Å². The normalized spacial score (nSPS) is 12.4. The van der Waals surface area contributed by atoms with Gasteiger partial charge >= 0.3 is 6.18 Å². The van der Waals surface area contributed by atoms with E-state index in [-0.39, 0.29) is 18.4 Å². The minimum absolute atomic E-state index is 0.0187. The summed E-state index contributed by atoms with van der Waals surface area (Å²) >= 11 is 0. The van der Waals surface area contributed by atoms with Crippen molar-refractivity contribution in [3.63, 3.8) is 0 Å². The first kappa shape index (κ1) is 19.4. The highest BCUT2D eigenvalue weighted by Gasteiger charge is 2.30. The van der Waals surface area contributed by atoms with Crippen LogP contribution < -0.4 is 10.1 Å². The van der Waals surface area contributed by atoms with Gasteiger partial charge in [-0.05, 0) is 42.8 Å². The zero-order valence-electron chi connectivity index (χ0n) is 14.8. The summed E-state index contributed by atoms with van der Waals surface area (Å²) in [6.07, 6.45) is -1.46. The van der Waals surface area contributed by atoms with Crippen LogP contribution in [0.15, 0.2) is 61.2 Å². The maximum absolute atomic E-state index is 12.7. The Labute approximate surface area is 159 Å². The lowest BCUT2D eigenvalue weighted by atomic mass is 10.1. The van der Waals surface area contributed by atoms with Gasteiger partial charge in [0.25, 0.3) is 5.91 Å². The van der Waals surface area contributed by atoms with Crippen LogP contribution in [0.5, 0.6) is 5.75 Å². The van der Waals surface area contributed by atoms with E-state index < -0.39 is 17.6 Å². The number of hydrogen-bond donors (Lipinski definition) is 1. The molecule has 1 aromatic heterocycles. The van der Waals surface area contributed by atoms with Gasteiger partial charge in [0.05, 0.1) is 17.3 Å². The van der Waals surface area contributed by atoms with Gasteiger partial charge < -0.3 is 10.1 Å². The molecule has 146 valence electrons. The minimum Gasteiger partial charge on any atom is -0.484 e. The average Bonchev–Trinajstić information content (AvgIpc) is 3.21. The highest BCUT2D eigenvalue weighted by Crippen LogP contribution is 2.31. The van der Waals surface area contributed by atoms with Crippen LogP contribution in [-0.2, 0) is 11.0 Å². The lowest BCUT2D eigenvalue weighted by Gasteiger charge is -2.15. The number of nitrogens with one attached hydrogen (secondary N) is 1. The zero-order valence-corrected chi connectivity index (χ0v) is 14.8. The summed E-state index contributed by atoms with van der Waals surface area (Å²) in [5, 5.41) is 6.78. The summed E-state index contributed by atoms with van der Waals surface area (Å²) in [5.41, 5.74) is 0.857. The molecule has 9 heteroatoms. The molecule has 28 heavy (non-hydrogen) atoms. The van der Waals surface area contributed by atoms with Crippen LogP contribution in [0.3, 0.4) is 0 Å². The van der Waals surface area contributed by atoms with Gasteiger partial charge in [-0.2, -0.15) is 18.3 Å². The van der Waals surface area contributed by atoms with E-state index in [2.05, 4.69) is 15.4 Å². The second kappa shape index (κ2) is 8.12. The van der Waals surface area contributed by atoms with E-state index >= 15 is 0 Å². The number of carbonyl (C=O) groups excluding carboxylic acids is 1. The molecule has 3 rings (SSSR count). The number of benzene rings is 2. The number of halogens is 3. The number of nitrogens with zero attached hydrogens (tertiary/aromatic N) is 3. The molecule has 1 unspecified atom stereocenters. The van der Waals surface area contributed by atoms with Gasteiger partial charge in [-0.15, -0.1) is 0 Å². The third kappa shape index (κ3) is 4.87.